The fraction of sp³-hybridized carbons (Fsp3) is 0.533. The predicted molar refractivity (Wildman–Crippen MR) is 64.2 cm³/mol. The summed E-state index contributed by atoms with van der Waals surface area (Å²) in [7, 11) is 0. The lowest BCUT2D eigenvalue weighted by Crippen LogP contribution is -2.08. The molecule has 2 saturated carbocycles. The van der Waals surface area contributed by atoms with E-state index in [1.165, 1.54) is 36.8 Å². The summed E-state index contributed by atoms with van der Waals surface area (Å²) in [6.45, 7) is 0. The fourth-order valence-corrected chi connectivity index (χ4v) is 3.09. The third-order valence-corrected chi connectivity index (χ3v) is 4.24. The zero-order valence-corrected chi connectivity index (χ0v) is 9.58. The van der Waals surface area contributed by atoms with Crippen LogP contribution >= 0.6 is 0 Å². The molecule has 2 aliphatic carbocycles. The summed E-state index contributed by atoms with van der Waals surface area (Å²) in [5.41, 5.74) is 2.70. The molecule has 0 spiro atoms. The molecule has 0 N–H and O–H groups in total. The average molecular weight is 211 g/mol. The van der Waals surface area contributed by atoms with E-state index >= 15 is 0 Å². The van der Waals surface area contributed by atoms with Crippen LogP contribution in [0.5, 0.6) is 0 Å². The molecule has 0 bridgehead atoms. The summed E-state index contributed by atoms with van der Waals surface area (Å²) < 4.78 is 0. The fourth-order valence-electron chi connectivity index (χ4n) is 3.09. The second kappa shape index (κ2) is 3.63. The molecule has 1 nitrogen and oxygen atoms in total. The van der Waals surface area contributed by atoms with Gasteiger partial charge in [0, 0.05) is 0 Å². The molecule has 2 fully saturated rings. The maximum absolute atomic E-state index is 9.33. The van der Waals surface area contributed by atoms with Crippen LogP contribution < -0.4 is 0 Å². The van der Waals surface area contributed by atoms with Crippen LogP contribution in [0.2, 0.25) is 0 Å². The minimum atomic E-state index is -0.112. The van der Waals surface area contributed by atoms with Crippen LogP contribution in [0.1, 0.15) is 55.6 Å². The molecule has 16 heavy (non-hydrogen) atoms. The van der Waals surface area contributed by atoms with Gasteiger partial charge in [-0.1, -0.05) is 37.1 Å². The molecular formula is C15H17N. The molecule has 0 aromatic heterocycles. The van der Waals surface area contributed by atoms with Crippen molar-refractivity contribution in [1.29, 1.82) is 5.26 Å². The van der Waals surface area contributed by atoms with Crippen LogP contribution in [0.25, 0.3) is 0 Å². The lowest BCUT2D eigenvalue weighted by atomic mass is 9.85. The van der Waals surface area contributed by atoms with Crippen molar-refractivity contribution in [2.45, 2.75) is 49.9 Å². The molecule has 2 aliphatic rings. The Kier molecular flexibility index (Phi) is 2.24. The Morgan fingerprint density at radius 2 is 1.81 bits per heavy atom. The van der Waals surface area contributed by atoms with E-state index in [4.69, 9.17) is 0 Å². The zero-order valence-electron chi connectivity index (χ0n) is 9.58. The highest BCUT2D eigenvalue weighted by Crippen LogP contribution is 2.51. The Hall–Kier alpha value is -1.29. The molecule has 0 unspecified atom stereocenters. The number of nitriles is 1. The third kappa shape index (κ3) is 1.45. The highest BCUT2D eigenvalue weighted by molar-refractivity contribution is 5.45. The molecule has 0 radical (unpaired) electrons. The molecule has 1 aromatic rings. The molecule has 1 heteroatoms. The largest absolute Gasteiger partial charge is 0.197 e. The van der Waals surface area contributed by atoms with Crippen LogP contribution in [0.3, 0.4) is 0 Å². The van der Waals surface area contributed by atoms with Gasteiger partial charge in [-0.25, -0.2) is 0 Å². The Labute approximate surface area is 97.1 Å². The molecule has 0 atom stereocenters. The average Bonchev–Trinajstić information content (AvgIpc) is 2.95. The van der Waals surface area contributed by atoms with Crippen molar-refractivity contribution in [2.24, 2.45) is 0 Å². The number of rotatable bonds is 2. The van der Waals surface area contributed by atoms with Gasteiger partial charge in [-0.3, -0.25) is 0 Å². The van der Waals surface area contributed by atoms with Crippen molar-refractivity contribution >= 4 is 0 Å². The lowest BCUT2D eigenvalue weighted by molar-refractivity contribution is 0.701. The summed E-state index contributed by atoms with van der Waals surface area (Å²) in [5, 5.41) is 9.33. The van der Waals surface area contributed by atoms with Crippen molar-refractivity contribution in [1.82, 2.24) is 0 Å². The van der Waals surface area contributed by atoms with E-state index in [2.05, 4.69) is 30.3 Å². The van der Waals surface area contributed by atoms with Crippen molar-refractivity contribution in [3.8, 4) is 6.07 Å². The molecule has 0 aliphatic heterocycles. The van der Waals surface area contributed by atoms with Crippen LogP contribution in [0, 0.1) is 11.3 Å². The van der Waals surface area contributed by atoms with E-state index < -0.39 is 0 Å². The van der Waals surface area contributed by atoms with Crippen molar-refractivity contribution in [2.75, 3.05) is 0 Å². The Morgan fingerprint density at radius 1 is 1.12 bits per heavy atom. The quantitative estimate of drug-likeness (QED) is 0.727. The first-order valence-corrected chi connectivity index (χ1v) is 6.36. The van der Waals surface area contributed by atoms with Crippen LogP contribution in [0.4, 0.5) is 0 Å². The maximum atomic E-state index is 9.33. The summed E-state index contributed by atoms with van der Waals surface area (Å²) in [4.78, 5) is 0. The number of hydrogen-bond donors (Lipinski definition) is 0. The molecule has 3 rings (SSSR count). The minimum absolute atomic E-state index is 0.112. The predicted octanol–water partition coefficient (Wildman–Crippen LogP) is 3.90. The molecule has 1 aromatic carbocycles. The van der Waals surface area contributed by atoms with Gasteiger partial charge in [0.1, 0.15) is 0 Å². The zero-order chi connectivity index (χ0) is 11.0. The van der Waals surface area contributed by atoms with Gasteiger partial charge in [-0.15, -0.1) is 0 Å². The molecule has 0 amide bonds. The lowest BCUT2D eigenvalue weighted by Gasteiger charge is -2.17. The summed E-state index contributed by atoms with van der Waals surface area (Å²) in [6.07, 6.45) is 7.48. The third-order valence-electron chi connectivity index (χ3n) is 4.24. The van der Waals surface area contributed by atoms with Crippen molar-refractivity contribution < 1.29 is 0 Å². The molecule has 0 saturated heterocycles. The summed E-state index contributed by atoms with van der Waals surface area (Å²) in [5.74, 6) is 0.724. The smallest absolute Gasteiger partial charge is 0.0826 e. The normalized spacial score (nSPS) is 22.9. The van der Waals surface area contributed by atoms with Gasteiger partial charge in [0.15, 0.2) is 0 Å². The minimum Gasteiger partial charge on any atom is -0.197 e. The molecule has 82 valence electrons. The topological polar surface area (TPSA) is 23.8 Å². The van der Waals surface area contributed by atoms with Crippen LogP contribution in [0.15, 0.2) is 24.3 Å². The van der Waals surface area contributed by atoms with Crippen LogP contribution in [-0.4, -0.2) is 0 Å². The van der Waals surface area contributed by atoms with Gasteiger partial charge >= 0.3 is 0 Å². The highest BCUT2D eigenvalue weighted by Gasteiger charge is 2.46. The molecule has 0 heterocycles. The van der Waals surface area contributed by atoms with Crippen molar-refractivity contribution in [3.63, 3.8) is 0 Å². The monoisotopic (exact) mass is 211 g/mol. The first-order valence-electron chi connectivity index (χ1n) is 6.36. The first kappa shape index (κ1) is 9.90. The Bertz CT molecular complexity index is 431. The second-order valence-corrected chi connectivity index (χ2v) is 5.26. The first-order chi connectivity index (χ1) is 7.86. The highest BCUT2D eigenvalue weighted by atomic mass is 14.5. The van der Waals surface area contributed by atoms with Gasteiger partial charge in [-0.2, -0.15) is 5.26 Å². The SMILES string of the molecule is N#CC1(c2ccccc2C2CCCC2)CC1. The Morgan fingerprint density at radius 3 is 2.44 bits per heavy atom. The standard InChI is InChI=1S/C15H17N/c16-11-15(9-10-15)14-8-4-3-7-13(14)12-5-1-2-6-12/h3-4,7-8,12H,1-2,5-6,9-10H2. The Balaban J connectivity index is 2.01. The van der Waals surface area contributed by atoms with Gasteiger partial charge in [0.05, 0.1) is 11.5 Å². The van der Waals surface area contributed by atoms with E-state index in [0.29, 0.717) is 0 Å². The number of hydrogen-bond acceptors (Lipinski definition) is 1. The van der Waals surface area contributed by atoms with Crippen LogP contribution in [-0.2, 0) is 5.41 Å². The van der Waals surface area contributed by atoms with Gasteiger partial charge in [0.25, 0.3) is 0 Å². The van der Waals surface area contributed by atoms with Crippen molar-refractivity contribution in [3.05, 3.63) is 35.4 Å². The summed E-state index contributed by atoms with van der Waals surface area (Å²) in [6, 6.07) is 11.2. The summed E-state index contributed by atoms with van der Waals surface area (Å²) >= 11 is 0. The van der Waals surface area contributed by atoms with Gasteiger partial charge in [0.2, 0.25) is 0 Å². The van der Waals surface area contributed by atoms with E-state index in [1.54, 1.807) is 0 Å². The van der Waals surface area contributed by atoms with Gasteiger partial charge < -0.3 is 0 Å². The van der Waals surface area contributed by atoms with E-state index in [9.17, 15) is 5.26 Å². The van der Waals surface area contributed by atoms with E-state index in [1.807, 2.05) is 0 Å². The second-order valence-electron chi connectivity index (χ2n) is 5.26. The van der Waals surface area contributed by atoms with E-state index in [-0.39, 0.29) is 5.41 Å². The number of nitrogens with zero attached hydrogens (tertiary/aromatic N) is 1. The molecular weight excluding hydrogens is 194 g/mol. The van der Waals surface area contributed by atoms with Gasteiger partial charge in [-0.05, 0) is 42.7 Å². The number of benzene rings is 1. The van der Waals surface area contributed by atoms with E-state index in [0.717, 1.165) is 18.8 Å². The maximum Gasteiger partial charge on any atom is 0.0826 e.